The summed E-state index contributed by atoms with van der Waals surface area (Å²) in [6.07, 6.45) is 20.5. The Morgan fingerprint density at radius 3 is 2.62 bits per heavy atom. The molecule has 0 bridgehead atoms. The molecule has 7 atom stereocenters. The van der Waals surface area contributed by atoms with Gasteiger partial charge in [0.05, 0.1) is 23.7 Å². The second kappa shape index (κ2) is 11.6. The molecule has 0 aromatic rings. The molecule has 3 N–H and O–H groups in total. The maximum absolute atomic E-state index is 12.7. The van der Waals surface area contributed by atoms with Gasteiger partial charge in [-0.3, -0.25) is 4.79 Å². The molecule has 4 saturated carbocycles. The molecule has 37 heavy (non-hydrogen) atoms. The molecular weight excluding hydrogens is 460 g/mol. The molecule has 4 heteroatoms. The fraction of sp³-hybridized carbons (Fsp3) is 0.667. The Balaban J connectivity index is 1.44. The van der Waals surface area contributed by atoms with Gasteiger partial charge in [0, 0.05) is 6.42 Å². The Bertz CT molecular complexity index is 980. The van der Waals surface area contributed by atoms with Crippen molar-refractivity contribution < 1.29 is 20.1 Å². The molecule has 0 heterocycles. The van der Waals surface area contributed by atoms with E-state index in [0.29, 0.717) is 30.6 Å². The van der Waals surface area contributed by atoms with E-state index in [9.17, 15) is 20.1 Å². The lowest BCUT2D eigenvalue weighted by Gasteiger charge is -2.44. The lowest BCUT2D eigenvalue weighted by atomic mass is 9.61. The minimum absolute atomic E-state index is 0.0792. The summed E-state index contributed by atoms with van der Waals surface area (Å²) in [7, 11) is 0. The van der Waals surface area contributed by atoms with Crippen LogP contribution in [0, 0.1) is 28.6 Å². The molecule has 0 aromatic carbocycles. The van der Waals surface area contributed by atoms with Crippen LogP contribution in [0.1, 0.15) is 91.4 Å². The standard InChI is InChI=1S/C33H48O4/c1-5-6-7-10-30(36)33(18-19-33)31(37)16-11-22(2)27-14-15-28-24(9-8-17-32(27,28)4)12-13-25-20-26(34)21-29(35)23(25)3/h7,10-13,16,22,26-29,31,34-35,37H,3,5-6,8-9,14-15,17-21H2,1-2,4H3/t22-,26-,27-,28+,29+,31-,32-/m1/s1. The third-order valence-corrected chi connectivity index (χ3v) is 10.1. The van der Waals surface area contributed by atoms with Crippen LogP contribution in [-0.2, 0) is 4.79 Å². The van der Waals surface area contributed by atoms with Crippen molar-refractivity contribution in [1.82, 2.24) is 0 Å². The summed E-state index contributed by atoms with van der Waals surface area (Å²) < 4.78 is 0. The maximum Gasteiger partial charge on any atom is 0.164 e. The largest absolute Gasteiger partial charge is 0.393 e. The summed E-state index contributed by atoms with van der Waals surface area (Å²) >= 11 is 0. The number of hydrogen-bond acceptors (Lipinski definition) is 4. The number of carbonyl (C=O) groups excluding carboxylic acids is 1. The molecule has 204 valence electrons. The van der Waals surface area contributed by atoms with Gasteiger partial charge in [0.2, 0.25) is 0 Å². The highest BCUT2D eigenvalue weighted by Gasteiger charge is 2.53. The van der Waals surface area contributed by atoms with Gasteiger partial charge in [-0.25, -0.2) is 0 Å². The average Bonchev–Trinajstić information content (AvgIpc) is 3.60. The fourth-order valence-electron chi connectivity index (χ4n) is 7.55. The Labute approximate surface area is 223 Å². The van der Waals surface area contributed by atoms with E-state index in [1.54, 1.807) is 6.08 Å². The van der Waals surface area contributed by atoms with Crippen molar-refractivity contribution in [2.75, 3.05) is 0 Å². The van der Waals surface area contributed by atoms with Gasteiger partial charge in [-0.2, -0.15) is 0 Å². The zero-order valence-corrected chi connectivity index (χ0v) is 23.2. The van der Waals surface area contributed by atoms with Crippen molar-refractivity contribution in [3.8, 4) is 0 Å². The fourth-order valence-corrected chi connectivity index (χ4v) is 7.55. The molecule has 4 aliphatic rings. The van der Waals surface area contributed by atoms with Gasteiger partial charge in [-0.15, -0.1) is 0 Å². The van der Waals surface area contributed by atoms with Gasteiger partial charge in [-0.05, 0) is 98.2 Å². The lowest BCUT2D eigenvalue weighted by Crippen LogP contribution is -2.35. The summed E-state index contributed by atoms with van der Waals surface area (Å²) in [4.78, 5) is 12.7. The highest BCUT2D eigenvalue weighted by molar-refractivity contribution is 5.97. The van der Waals surface area contributed by atoms with Crippen molar-refractivity contribution in [3.05, 3.63) is 59.8 Å². The van der Waals surface area contributed by atoms with Gasteiger partial charge in [-0.1, -0.05) is 69.7 Å². The van der Waals surface area contributed by atoms with Crippen molar-refractivity contribution in [2.24, 2.45) is 28.6 Å². The van der Waals surface area contributed by atoms with Crippen LogP contribution in [0.2, 0.25) is 0 Å². The summed E-state index contributed by atoms with van der Waals surface area (Å²) in [5.74, 6) is 1.50. The Hall–Kier alpha value is -1.75. The molecule has 0 saturated heterocycles. The molecule has 4 rings (SSSR count). The van der Waals surface area contributed by atoms with Crippen LogP contribution in [0.25, 0.3) is 0 Å². The third kappa shape index (κ3) is 5.82. The third-order valence-electron chi connectivity index (χ3n) is 10.1. The first-order valence-corrected chi connectivity index (χ1v) is 14.6. The second-order valence-corrected chi connectivity index (χ2v) is 12.6. The number of aliphatic hydroxyl groups excluding tert-OH is 3. The molecule has 4 aliphatic carbocycles. The zero-order valence-electron chi connectivity index (χ0n) is 23.2. The smallest absolute Gasteiger partial charge is 0.164 e. The molecule has 0 aromatic heterocycles. The first-order chi connectivity index (χ1) is 17.6. The summed E-state index contributed by atoms with van der Waals surface area (Å²) in [6.45, 7) is 10.9. The highest BCUT2D eigenvalue weighted by atomic mass is 16.3. The van der Waals surface area contributed by atoms with E-state index < -0.39 is 23.7 Å². The maximum atomic E-state index is 12.7. The Morgan fingerprint density at radius 2 is 1.92 bits per heavy atom. The number of ketones is 1. The zero-order chi connectivity index (χ0) is 26.8. The van der Waals surface area contributed by atoms with Gasteiger partial charge in [0.1, 0.15) is 0 Å². The molecule has 0 aliphatic heterocycles. The van der Waals surface area contributed by atoms with E-state index in [4.69, 9.17) is 0 Å². The number of hydrogen-bond donors (Lipinski definition) is 3. The number of fused-ring (bicyclic) bond motifs is 1. The Kier molecular flexibility index (Phi) is 8.82. The molecule has 0 radical (unpaired) electrons. The van der Waals surface area contributed by atoms with E-state index >= 15 is 0 Å². The molecule has 0 unspecified atom stereocenters. The van der Waals surface area contributed by atoms with Crippen LogP contribution in [0.3, 0.4) is 0 Å². The Morgan fingerprint density at radius 1 is 1.16 bits per heavy atom. The normalized spacial score (nSPS) is 37.4. The second-order valence-electron chi connectivity index (χ2n) is 12.6. The van der Waals surface area contributed by atoms with Crippen LogP contribution >= 0.6 is 0 Å². The van der Waals surface area contributed by atoms with E-state index in [2.05, 4.69) is 45.6 Å². The van der Waals surface area contributed by atoms with Crippen LogP contribution in [0.5, 0.6) is 0 Å². The molecule has 4 fully saturated rings. The van der Waals surface area contributed by atoms with Crippen LogP contribution < -0.4 is 0 Å². The lowest BCUT2D eigenvalue weighted by molar-refractivity contribution is -0.122. The van der Waals surface area contributed by atoms with Crippen molar-refractivity contribution in [1.29, 1.82) is 0 Å². The number of unbranched alkanes of at least 4 members (excludes halogenated alkanes) is 1. The SMILES string of the molecule is C=C1C(=CC=C2CCC[C@]3(C)[C@@H]([C@H](C)C=C[C@@H](O)C4(C(=O)C=CCCC)CC4)CC[C@@H]23)C[C@@H](O)C[C@@H]1O. The van der Waals surface area contributed by atoms with E-state index in [-0.39, 0.29) is 11.2 Å². The van der Waals surface area contributed by atoms with Crippen LogP contribution in [-0.4, -0.2) is 39.4 Å². The molecular formula is C33H48O4. The highest BCUT2D eigenvalue weighted by Crippen LogP contribution is 2.59. The van der Waals surface area contributed by atoms with Crippen molar-refractivity contribution in [2.45, 2.75) is 110 Å². The summed E-state index contributed by atoms with van der Waals surface area (Å²) in [6, 6.07) is 0. The predicted octanol–water partition coefficient (Wildman–Crippen LogP) is 6.39. The minimum atomic E-state index is -0.707. The minimum Gasteiger partial charge on any atom is -0.393 e. The average molecular weight is 509 g/mol. The van der Waals surface area contributed by atoms with E-state index in [0.717, 1.165) is 43.3 Å². The number of rotatable bonds is 9. The summed E-state index contributed by atoms with van der Waals surface area (Å²) in [5, 5.41) is 31.3. The summed E-state index contributed by atoms with van der Waals surface area (Å²) in [5.41, 5.74) is 2.83. The van der Waals surface area contributed by atoms with E-state index in [1.165, 1.54) is 31.3 Å². The first-order valence-electron chi connectivity index (χ1n) is 14.6. The van der Waals surface area contributed by atoms with Gasteiger partial charge in [0.15, 0.2) is 5.78 Å². The van der Waals surface area contributed by atoms with E-state index in [1.807, 2.05) is 12.2 Å². The van der Waals surface area contributed by atoms with Gasteiger partial charge < -0.3 is 15.3 Å². The number of carbonyl (C=O) groups is 1. The molecule has 0 amide bonds. The number of allylic oxidation sites excluding steroid dienone is 6. The quantitative estimate of drug-likeness (QED) is 0.249. The van der Waals surface area contributed by atoms with Gasteiger partial charge in [0.25, 0.3) is 0 Å². The topological polar surface area (TPSA) is 77.8 Å². The number of aliphatic hydroxyl groups is 3. The molecule has 0 spiro atoms. The van der Waals surface area contributed by atoms with Crippen molar-refractivity contribution >= 4 is 5.78 Å². The monoisotopic (exact) mass is 508 g/mol. The molecule has 4 nitrogen and oxygen atoms in total. The van der Waals surface area contributed by atoms with Crippen molar-refractivity contribution in [3.63, 3.8) is 0 Å². The van der Waals surface area contributed by atoms with Crippen LogP contribution in [0.15, 0.2) is 59.8 Å². The predicted molar refractivity (Wildman–Crippen MR) is 150 cm³/mol. The van der Waals surface area contributed by atoms with Crippen LogP contribution in [0.4, 0.5) is 0 Å². The van der Waals surface area contributed by atoms with Gasteiger partial charge >= 0.3 is 0 Å². The first kappa shape index (κ1) is 28.3.